The molecule has 0 saturated carbocycles. The van der Waals surface area contributed by atoms with E-state index in [0.29, 0.717) is 6.47 Å². The number of aliphatic hydroxyl groups excluding tert-OH is 1. The van der Waals surface area contributed by atoms with E-state index in [1.807, 2.05) is 0 Å². The van der Waals surface area contributed by atoms with E-state index in [1.54, 1.807) is 0 Å². The first kappa shape index (κ1) is 7.39. The second kappa shape index (κ2) is 6.39. The molecule has 48 valence electrons. The van der Waals surface area contributed by atoms with E-state index in [1.165, 1.54) is 0 Å². The highest BCUT2D eigenvalue weighted by Gasteiger charge is 1.81. The van der Waals surface area contributed by atoms with Crippen molar-refractivity contribution in [2.24, 2.45) is 0 Å². The summed E-state index contributed by atoms with van der Waals surface area (Å²) in [5.41, 5.74) is 0. The fourth-order valence-electron chi connectivity index (χ4n) is 0.220. The number of hydrogen-bond donors (Lipinski definition) is 1. The van der Waals surface area contributed by atoms with Crippen LogP contribution in [0.1, 0.15) is 0 Å². The van der Waals surface area contributed by atoms with Crippen LogP contribution >= 0.6 is 0 Å². The van der Waals surface area contributed by atoms with Crippen LogP contribution in [0.3, 0.4) is 0 Å². The molecule has 0 unspecified atom stereocenters. The minimum Gasteiger partial charge on any atom is -0.465 e. The molecule has 0 amide bonds. The summed E-state index contributed by atoms with van der Waals surface area (Å²) in [6, 6.07) is 0. The van der Waals surface area contributed by atoms with Gasteiger partial charge in [0.2, 0.25) is 0 Å². The molecule has 0 aromatic heterocycles. The summed E-state index contributed by atoms with van der Waals surface area (Å²) >= 11 is 0. The number of rotatable bonds is 5. The molecule has 0 fully saturated rings. The minimum atomic E-state index is -0.331. The number of aliphatic hydroxyl groups is 1. The van der Waals surface area contributed by atoms with Crippen molar-refractivity contribution >= 4 is 6.47 Å². The summed E-state index contributed by atoms with van der Waals surface area (Å²) in [4.78, 5) is 9.43. The van der Waals surface area contributed by atoms with E-state index in [4.69, 9.17) is 5.11 Å². The Hall–Kier alpha value is -0.610. The maximum Gasteiger partial charge on any atom is 0.293 e. The predicted octanol–water partition coefficient (Wildman–Crippen LogP) is -0.874. The molecule has 0 atom stereocenters. The molecule has 0 aliphatic heterocycles. The normalized spacial score (nSPS) is 8.62. The molecule has 0 rings (SSSR count). The Morgan fingerprint density at radius 3 is 2.75 bits per heavy atom. The highest BCUT2D eigenvalue weighted by Crippen LogP contribution is 1.70. The van der Waals surface area contributed by atoms with E-state index < -0.39 is 0 Å². The monoisotopic (exact) mass is 120 g/mol. The lowest BCUT2D eigenvalue weighted by Gasteiger charge is -1.95. The SMILES string of the molecule is O=COCCOCO. The average Bonchev–Trinajstić information content (AvgIpc) is 1.81. The summed E-state index contributed by atoms with van der Waals surface area (Å²) in [5, 5.41) is 8.00. The molecular formula is C4H8O4. The van der Waals surface area contributed by atoms with Crippen LogP contribution in [-0.2, 0) is 14.3 Å². The molecule has 4 heteroatoms. The zero-order valence-electron chi connectivity index (χ0n) is 4.37. The Labute approximate surface area is 47.0 Å². The summed E-state index contributed by atoms with van der Waals surface area (Å²) in [7, 11) is 0. The molecule has 0 radical (unpaired) electrons. The largest absolute Gasteiger partial charge is 0.465 e. The Balaban J connectivity index is 2.62. The number of hydrogen-bond acceptors (Lipinski definition) is 4. The van der Waals surface area contributed by atoms with Crippen molar-refractivity contribution in [2.75, 3.05) is 20.0 Å². The predicted molar refractivity (Wildman–Crippen MR) is 25.1 cm³/mol. The van der Waals surface area contributed by atoms with Gasteiger partial charge in [-0.05, 0) is 0 Å². The van der Waals surface area contributed by atoms with Crippen molar-refractivity contribution in [3.8, 4) is 0 Å². The number of carbonyl (C=O) groups is 1. The fourth-order valence-corrected chi connectivity index (χ4v) is 0.220. The highest BCUT2D eigenvalue weighted by atomic mass is 16.6. The summed E-state index contributed by atoms with van der Waals surface area (Å²) in [6.07, 6.45) is 0. The fraction of sp³-hybridized carbons (Fsp3) is 0.750. The molecule has 8 heavy (non-hydrogen) atoms. The summed E-state index contributed by atoms with van der Waals surface area (Å²) in [6.45, 7) is 0.447. The van der Waals surface area contributed by atoms with Crippen molar-refractivity contribution in [2.45, 2.75) is 0 Å². The lowest BCUT2D eigenvalue weighted by atomic mass is 10.8. The van der Waals surface area contributed by atoms with Gasteiger partial charge in [0.05, 0.1) is 6.61 Å². The van der Waals surface area contributed by atoms with Crippen molar-refractivity contribution < 1.29 is 19.4 Å². The van der Waals surface area contributed by atoms with Gasteiger partial charge >= 0.3 is 0 Å². The zero-order valence-corrected chi connectivity index (χ0v) is 4.37. The molecule has 0 bridgehead atoms. The Morgan fingerprint density at radius 1 is 1.50 bits per heavy atom. The van der Waals surface area contributed by atoms with Crippen LogP contribution in [0.2, 0.25) is 0 Å². The molecule has 4 nitrogen and oxygen atoms in total. The van der Waals surface area contributed by atoms with Gasteiger partial charge in [0.25, 0.3) is 6.47 Å². The lowest BCUT2D eigenvalue weighted by molar-refractivity contribution is -0.131. The van der Waals surface area contributed by atoms with Crippen LogP contribution in [-0.4, -0.2) is 31.6 Å². The van der Waals surface area contributed by atoms with E-state index >= 15 is 0 Å². The van der Waals surface area contributed by atoms with Gasteiger partial charge in [-0.15, -0.1) is 0 Å². The second-order valence-corrected chi connectivity index (χ2v) is 1.00. The van der Waals surface area contributed by atoms with Crippen molar-refractivity contribution in [1.82, 2.24) is 0 Å². The summed E-state index contributed by atoms with van der Waals surface area (Å²) in [5.74, 6) is 0. The number of carbonyl (C=O) groups excluding carboxylic acids is 1. The molecular weight excluding hydrogens is 112 g/mol. The van der Waals surface area contributed by atoms with Crippen LogP contribution < -0.4 is 0 Å². The highest BCUT2D eigenvalue weighted by molar-refractivity contribution is 5.36. The first-order valence-electron chi connectivity index (χ1n) is 2.15. The van der Waals surface area contributed by atoms with Gasteiger partial charge in [0.15, 0.2) is 0 Å². The van der Waals surface area contributed by atoms with Crippen LogP contribution in [0.25, 0.3) is 0 Å². The first-order chi connectivity index (χ1) is 3.91. The molecule has 0 saturated heterocycles. The van der Waals surface area contributed by atoms with Gasteiger partial charge in [0, 0.05) is 0 Å². The Kier molecular flexibility index (Phi) is 5.90. The third-order valence-corrected chi connectivity index (χ3v) is 0.505. The Bertz CT molecular complexity index is 54.0. The molecule has 0 aliphatic carbocycles. The van der Waals surface area contributed by atoms with Gasteiger partial charge in [-0.1, -0.05) is 0 Å². The van der Waals surface area contributed by atoms with Gasteiger partial charge in [-0.3, -0.25) is 4.79 Å². The molecule has 0 aromatic carbocycles. The van der Waals surface area contributed by atoms with Crippen LogP contribution in [0.5, 0.6) is 0 Å². The molecule has 1 N–H and O–H groups in total. The van der Waals surface area contributed by atoms with Crippen molar-refractivity contribution in [3.63, 3.8) is 0 Å². The quantitative estimate of drug-likeness (QED) is 0.291. The molecule has 0 heterocycles. The number of ether oxygens (including phenoxy) is 2. The van der Waals surface area contributed by atoms with Gasteiger partial charge < -0.3 is 14.6 Å². The van der Waals surface area contributed by atoms with E-state index in [-0.39, 0.29) is 20.0 Å². The molecule has 0 spiro atoms. The van der Waals surface area contributed by atoms with Crippen LogP contribution in [0.15, 0.2) is 0 Å². The van der Waals surface area contributed by atoms with E-state index in [0.717, 1.165) is 0 Å². The van der Waals surface area contributed by atoms with Gasteiger partial charge in [0.1, 0.15) is 13.4 Å². The molecule has 0 aromatic rings. The van der Waals surface area contributed by atoms with E-state index in [9.17, 15) is 4.79 Å². The van der Waals surface area contributed by atoms with Gasteiger partial charge in [-0.25, -0.2) is 0 Å². The van der Waals surface area contributed by atoms with Crippen LogP contribution in [0.4, 0.5) is 0 Å². The topological polar surface area (TPSA) is 55.8 Å². The third kappa shape index (κ3) is 5.39. The first-order valence-corrected chi connectivity index (χ1v) is 2.15. The molecule has 0 aliphatic rings. The van der Waals surface area contributed by atoms with Gasteiger partial charge in [-0.2, -0.15) is 0 Å². The zero-order chi connectivity index (χ0) is 6.24. The smallest absolute Gasteiger partial charge is 0.293 e. The summed E-state index contributed by atoms with van der Waals surface area (Å²) < 4.78 is 8.63. The Morgan fingerprint density at radius 2 is 2.25 bits per heavy atom. The standard InChI is InChI=1S/C4H8O4/c5-3-7-1-2-8-4-6/h3,6H,1-2,4H2. The van der Waals surface area contributed by atoms with Crippen molar-refractivity contribution in [3.05, 3.63) is 0 Å². The second-order valence-electron chi connectivity index (χ2n) is 1.00. The van der Waals surface area contributed by atoms with Crippen LogP contribution in [0, 0.1) is 0 Å². The maximum absolute atomic E-state index is 9.43. The average molecular weight is 120 g/mol. The third-order valence-electron chi connectivity index (χ3n) is 0.505. The van der Waals surface area contributed by atoms with Crippen molar-refractivity contribution in [1.29, 1.82) is 0 Å². The van der Waals surface area contributed by atoms with E-state index in [2.05, 4.69) is 9.47 Å². The minimum absolute atomic E-state index is 0.198. The maximum atomic E-state index is 9.43. The lowest BCUT2D eigenvalue weighted by Crippen LogP contribution is -2.03.